The zero-order valence-corrected chi connectivity index (χ0v) is 11.4. The number of hydrogen-bond acceptors (Lipinski definition) is 4. The molecule has 2 rings (SSSR count). The van der Waals surface area contributed by atoms with E-state index in [0.29, 0.717) is 0 Å². The van der Waals surface area contributed by atoms with E-state index in [1.807, 2.05) is 6.07 Å². The smallest absolute Gasteiger partial charge is 0.354 e. The molecule has 6 nitrogen and oxygen atoms in total. The van der Waals surface area contributed by atoms with Crippen LogP contribution in [0.2, 0.25) is 0 Å². The molecule has 0 unspecified atom stereocenters. The number of halogens is 2. The molecule has 1 N–H and O–H groups in total. The molecule has 2 aromatic heterocycles. The first-order valence-electron chi connectivity index (χ1n) is 6.06. The normalized spacial score (nSPS) is 11.0. The van der Waals surface area contributed by atoms with Gasteiger partial charge in [-0.1, -0.05) is 0 Å². The third kappa shape index (κ3) is 3.15. The first kappa shape index (κ1) is 15.3. The Balaban J connectivity index is 2.44. The highest BCUT2D eigenvalue weighted by Gasteiger charge is 2.16. The second-order valence-electron chi connectivity index (χ2n) is 4.32. The lowest BCUT2D eigenvalue weighted by Crippen LogP contribution is -2.02. The molecule has 0 spiro atoms. The molecule has 0 aliphatic carbocycles. The van der Waals surface area contributed by atoms with Crippen molar-refractivity contribution >= 4 is 18.1 Å². The van der Waals surface area contributed by atoms with Crippen LogP contribution in [0.25, 0.3) is 12.2 Å². The summed E-state index contributed by atoms with van der Waals surface area (Å²) in [5, 5.41) is 21.5. The number of carbonyl (C=O) groups is 1. The SMILES string of the molecule is Cn1cc(/C=C/c2nc(C(=O)O)ccc2C#N)c(C(F)F)n1. The maximum Gasteiger partial charge on any atom is 0.354 e. The third-order valence-corrected chi connectivity index (χ3v) is 2.78. The molecular formula is C14H10F2N4O2. The second kappa shape index (κ2) is 6.13. The number of aromatic nitrogens is 3. The quantitative estimate of drug-likeness (QED) is 0.937. The van der Waals surface area contributed by atoms with Crippen molar-refractivity contribution in [3.63, 3.8) is 0 Å². The van der Waals surface area contributed by atoms with Gasteiger partial charge < -0.3 is 5.11 Å². The monoisotopic (exact) mass is 304 g/mol. The second-order valence-corrected chi connectivity index (χ2v) is 4.32. The van der Waals surface area contributed by atoms with Gasteiger partial charge in [0.15, 0.2) is 0 Å². The van der Waals surface area contributed by atoms with Crippen molar-refractivity contribution in [1.29, 1.82) is 5.26 Å². The Labute approximate surface area is 123 Å². The topological polar surface area (TPSA) is 91.8 Å². The van der Waals surface area contributed by atoms with E-state index < -0.39 is 18.1 Å². The fourth-order valence-electron chi connectivity index (χ4n) is 1.81. The minimum absolute atomic E-state index is 0.0893. The van der Waals surface area contributed by atoms with Crippen molar-refractivity contribution in [2.45, 2.75) is 6.43 Å². The predicted octanol–water partition coefficient (Wildman–Crippen LogP) is 2.49. The van der Waals surface area contributed by atoms with E-state index in [-0.39, 0.29) is 22.5 Å². The van der Waals surface area contributed by atoms with E-state index >= 15 is 0 Å². The van der Waals surface area contributed by atoms with Crippen molar-refractivity contribution in [2.75, 3.05) is 0 Å². The minimum atomic E-state index is -2.74. The van der Waals surface area contributed by atoms with Gasteiger partial charge in [0.05, 0.1) is 11.3 Å². The van der Waals surface area contributed by atoms with Gasteiger partial charge in [0.25, 0.3) is 6.43 Å². The summed E-state index contributed by atoms with van der Waals surface area (Å²) >= 11 is 0. The number of pyridine rings is 1. The van der Waals surface area contributed by atoms with Gasteiger partial charge >= 0.3 is 5.97 Å². The van der Waals surface area contributed by atoms with Crippen LogP contribution >= 0.6 is 0 Å². The Morgan fingerprint density at radius 1 is 1.45 bits per heavy atom. The highest BCUT2D eigenvalue weighted by atomic mass is 19.3. The summed E-state index contributed by atoms with van der Waals surface area (Å²) in [4.78, 5) is 14.7. The van der Waals surface area contributed by atoms with Gasteiger partial charge in [-0.05, 0) is 24.3 Å². The third-order valence-electron chi connectivity index (χ3n) is 2.78. The number of hydrogen-bond donors (Lipinski definition) is 1. The van der Waals surface area contributed by atoms with Crippen LogP contribution in [0, 0.1) is 11.3 Å². The molecule has 22 heavy (non-hydrogen) atoms. The molecule has 0 aliphatic heterocycles. The van der Waals surface area contributed by atoms with Crippen LogP contribution in [0.15, 0.2) is 18.3 Å². The Bertz CT molecular complexity index is 791. The van der Waals surface area contributed by atoms with Crippen molar-refractivity contribution in [2.24, 2.45) is 7.05 Å². The standard InChI is InChI=1S/C14H10F2N4O2/c1-20-7-9(12(19-20)13(15)16)3-4-10-8(6-17)2-5-11(18-10)14(21)22/h2-5,7,13H,1H3,(H,21,22)/b4-3+. The van der Waals surface area contributed by atoms with Gasteiger partial charge in [0.1, 0.15) is 17.5 Å². The highest BCUT2D eigenvalue weighted by molar-refractivity contribution is 5.86. The molecule has 112 valence electrons. The van der Waals surface area contributed by atoms with E-state index in [1.54, 1.807) is 0 Å². The molecule has 0 saturated heterocycles. The lowest BCUT2D eigenvalue weighted by Gasteiger charge is -2.00. The Kier molecular flexibility index (Phi) is 4.27. The van der Waals surface area contributed by atoms with Crippen LogP contribution in [-0.2, 0) is 7.05 Å². The molecule has 0 saturated carbocycles. The molecule has 2 aromatic rings. The molecule has 2 heterocycles. The van der Waals surface area contributed by atoms with Crippen LogP contribution in [0.5, 0.6) is 0 Å². The molecule has 0 aromatic carbocycles. The van der Waals surface area contributed by atoms with E-state index in [0.717, 1.165) is 0 Å². The largest absolute Gasteiger partial charge is 0.477 e. The predicted molar refractivity (Wildman–Crippen MR) is 73.0 cm³/mol. The summed E-state index contributed by atoms with van der Waals surface area (Å²) < 4.78 is 26.9. The van der Waals surface area contributed by atoms with Gasteiger partial charge in [-0.25, -0.2) is 18.6 Å². The number of alkyl halides is 2. The van der Waals surface area contributed by atoms with Gasteiger partial charge in [-0.2, -0.15) is 10.4 Å². The van der Waals surface area contributed by atoms with Crippen molar-refractivity contribution in [1.82, 2.24) is 14.8 Å². The van der Waals surface area contributed by atoms with Crippen molar-refractivity contribution in [3.8, 4) is 6.07 Å². The highest BCUT2D eigenvalue weighted by Crippen LogP contribution is 2.23. The van der Waals surface area contributed by atoms with Crippen LogP contribution in [0.3, 0.4) is 0 Å². The van der Waals surface area contributed by atoms with Crippen LogP contribution in [0.1, 0.15) is 39.4 Å². The van der Waals surface area contributed by atoms with Crippen molar-refractivity contribution in [3.05, 3.63) is 46.5 Å². The van der Waals surface area contributed by atoms with Crippen LogP contribution < -0.4 is 0 Å². The molecule has 8 heteroatoms. The summed E-state index contributed by atoms with van der Waals surface area (Å²) in [5.41, 5.74) is -0.232. The number of carboxylic acid groups (broad SMARTS) is 1. The first-order chi connectivity index (χ1) is 10.4. The Morgan fingerprint density at radius 3 is 2.77 bits per heavy atom. The average molecular weight is 304 g/mol. The molecule has 0 atom stereocenters. The fraction of sp³-hybridized carbons (Fsp3) is 0.143. The lowest BCUT2D eigenvalue weighted by molar-refractivity contribution is 0.0690. The summed E-state index contributed by atoms with van der Waals surface area (Å²) in [6.45, 7) is 0. The minimum Gasteiger partial charge on any atom is -0.477 e. The van der Waals surface area contributed by atoms with E-state index in [4.69, 9.17) is 10.4 Å². The fourth-order valence-corrected chi connectivity index (χ4v) is 1.81. The summed E-state index contributed by atoms with van der Waals surface area (Å²) in [5.74, 6) is -1.24. The Hall–Kier alpha value is -3.08. The summed E-state index contributed by atoms with van der Waals surface area (Å²) in [7, 11) is 1.51. The number of aryl methyl sites for hydroxylation is 1. The Morgan fingerprint density at radius 2 is 2.18 bits per heavy atom. The summed E-state index contributed by atoms with van der Waals surface area (Å²) in [6.07, 6.45) is 1.29. The maximum absolute atomic E-state index is 12.8. The van der Waals surface area contributed by atoms with E-state index in [9.17, 15) is 13.6 Å². The number of nitrogens with zero attached hydrogens (tertiary/aromatic N) is 4. The average Bonchev–Trinajstić information content (AvgIpc) is 2.86. The van der Waals surface area contributed by atoms with Crippen LogP contribution in [0.4, 0.5) is 8.78 Å². The van der Waals surface area contributed by atoms with Crippen LogP contribution in [-0.4, -0.2) is 25.8 Å². The number of aromatic carboxylic acids is 1. The molecule has 0 bridgehead atoms. The van der Waals surface area contributed by atoms with Crippen molar-refractivity contribution < 1.29 is 18.7 Å². The van der Waals surface area contributed by atoms with Gasteiger partial charge in [0.2, 0.25) is 0 Å². The van der Waals surface area contributed by atoms with E-state index in [2.05, 4.69) is 10.1 Å². The van der Waals surface area contributed by atoms with Gasteiger partial charge in [-0.15, -0.1) is 0 Å². The number of rotatable bonds is 4. The molecule has 0 aliphatic rings. The molecule has 0 fully saturated rings. The maximum atomic E-state index is 12.8. The molecular weight excluding hydrogens is 294 g/mol. The lowest BCUT2D eigenvalue weighted by atomic mass is 10.1. The zero-order valence-electron chi connectivity index (χ0n) is 11.4. The number of nitriles is 1. The zero-order chi connectivity index (χ0) is 16.3. The number of carboxylic acids is 1. The summed E-state index contributed by atoms with van der Waals surface area (Å²) in [6, 6.07) is 4.38. The van der Waals surface area contributed by atoms with E-state index in [1.165, 1.54) is 42.2 Å². The van der Waals surface area contributed by atoms with Gasteiger partial charge in [0, 0.05) is 18.8 Å². The van der Waals surface area contributed by atoms with Gasteiger partial charge in [-0.3, -0.25) is 4.68 Å². The first-order valence-corrected chi connectivity index (χ1v) is 6.06. The molecule has 0 radical (unpaired) electrons. The molecule has 0 amide bonds.